The zero-order valence-corrected chi connectivity index (χ0v) is 39.9. The van der Waals surface area contributed by atoms with E-state index in [1.165, 1.54) is 83.5 Å². The van der Waals surface area contributed by atoms with Crippen LogP contribution in [-0.2, 0) is 32.7 Å². The van der Waals surface area contributed by atoms with Crippen LogP contribution in [0.2, 0.25) is 0 Å². The summed E-state index contributed by atoms with van der Waals surface area (Å²) < 4.78 is 34.3. The fourth-order valence-electron chi connectivity index (χ4n) is 7.40. The smallest absolute Gasteiger partial charge is 0.462 e. The minimum atomic E-state index is -4.47. The van der Waals surface area contributed by atoms with Crippen molar-refractivity contribution in [3.05, 3.63) is 36.5 Å². The third kappa shape index (κ3) is 32.4. The number of phosphoric acid groups is 1. The Morgan fingerprint density at radius 3 is 1.90 bits per heavy atom. The number of hydrogen-bond donors (Lipinski definition) is 4. The second-order valence-corrected chi connectivity index (χ2v) is 19.6. The van der Waals surface area contributed by atoms with Crippen molar-refractivity contribution in [3.63, 3.8) is 0 Å². The van der Waals surface area contributed by atoms with E-state index in [0.717, 1.165) is 38.5 Å². The summed E-state index contributed by atoms with van der Waals surface area (Å²) in [5.41, 5.74) is 0. The van der Waals surface area contributed by atoms with Crippen molar-refractivity contribution < 1.29 is 57.4 Å². The molecule has 1 aliphatic rings. The quantitative estimate of drug-likeness (QED) is 0.0152. The molecule has 0 aromatic heterocycles. The van der Waals surface area contributed by atoms with Crippen molar-refractivity contribution in [1.82, 2.24) is 0 Å². The van der Waals surface area contributed by atoms with E-state index in [1.54, 1.807) is 24.3 Å². The van der Waals surface area contributed by atoms with Gasteiger partial charge in [0.25, 0.3) is 0 Å². The van der Waals surface area contributed by atoms with Gasteiger partial charge in [0.1, 0.15) is 19.8 Å². The van der Waals surface area contributed by atoms with Crippen LogP contribution < -0.4 is 0 Å². The van der Waals surface area contributed by atoms with Gasteiger partial charge in [-0.15, -0.1) is 0 Å². The molecule has 0 saturated heterocycles. The molecule has 61 heavy (non-hydrogen) atoms. The third-order valence-electron chi connectivity index (χ3n) is 11.2. The predicted octanol–water partition coefficient (Wildman–Crippen LogP) is 10.1. The molecule has 356 valence electrons. The molecule has 1 saturated carbocycles. The van der Waals surface area contributed by atoms with Gasteiger partial charge in [-0.05, 0) is 50.9 Å². The molecular formula is C48H89NO11P+. The molecule has 7 atom stereocenters. The van der Waals surface area contributed by atoms with Crippen molar-refractivity contribution >= 4 is 19.8 Å². The summed E-state index contributed by atoms with van der Waals surface area (Å²) in [5, 5.41) is 31.5. The molecular weight excluding hydrogens is 797 g/mol. The summed E-state index contributed by atoms with van der Waals surface area (Å²) in [7, 11) is 1.28. The molecule has 0 radical (unpaired) electrons. The number of hydrogen-bond acceptors (Lipinski definition) is 10. The summed E-state index contributed by atoms with van der Waals surface area (Å²) in [5.74, 6) is -1.72. The van der Waals surface area contributed by atoms with E-state index < -0.39 is 50.8 Å². The maximum absolute atomic E-state index is 12.9. The van der Waals surface area contributed by atoms with Gasteiger partial charge in [0.15, 0.2) is 6.10 Å². The lowest BCUT2D eigenvalue weighted by molar-refractivity contribution is -0.870. The number of unbranched alkanes of at least 4 members (excludes halogenated alkanes) is 17. The molecule has 0 spiro atoms. The highest BCUT2D eigenvalue weighted by Crippen LogP contribution is 2.43. The number of allylic oxidation sites excluding steroid dienone is 3. The van der Waals surface area contributed by atoms with Crippen molar-refractivity contribution in [3.8, 4) is 0 Å². The fourth-order valence-corrected chi connectivity index (χ4v) is 8.14. The standard InChI is InChI=1S/C48H88NO11P/c1-6-8-10-11-12-13-14-15-16-17-18-19-20-21-22-23-24-25-27-32-47(53)57-39-42(40-59-61(55,56)58-37-36-49(3,4)5)60-48(54)33-29-28-31-43-44(46(52)38-45(43)51)35-34-41(50)30-26-9-7-2/h15-16,28-29,34-35,41-46,50-52H,6-14,17-27,30-33,36-40H2,1-5H3/p+1/b16-15-,29-28-,35-34+/t41-,42-,43+,44-,45+,46-/m1/s1. The average Bonchev–Trinajstić information content (AvgIpc) is 3.47. The van der Waals surface area contributed by atoms with Gasteiger partial charge in [-0.3, -0.25) is 18.6 Å². The van der Waals surface area contributed by atoms with E-state index in [2.05, 4.69) is 26.0 Å². The van der Waals surface area contributed by atoms with E-state index in [0.29, 0.717) is 30.3 Å². The van der Waals surface area contributed by atoms with Gasteiger partial charge in [0.2, 0.25) is 0 Å². The summed E-state index contributed by atoms with van der Waals surface area (Å²) >= 11 is 0. The van der Waals surface area contributed by atoms with Crippen molar-refractivity contribution in [2.45, 2.75) is 199 Å². The minimum absolute atomic E-state index is 0.0261. The lowest BCUT2D eigenvalue weighted by Crippen LogP contribution is -2.37. The number of esters is 2. The van der Waals surface area contributed by atoms with Gasteiger partial charge in [0.05, 0.1) is 52.5 Å². The van der Waals surface area contributed by atoms with Crippen LogP contribution in [0.15, 0.2) is 36.5 Å². The minimum Gasteiger partial charge on any atom is -0.462 e. The van der Waals surface area contributed by atoms with Gasteiger partial charge in [-0.1, -0.05) is 147 Å². The monoisotopic (exact) mass is 887 g/mol. The number of likely N-dealkylation sites (N-methyl/N-ethyl adjacent to an activating group) is 1. The summed E-state index contributed by atoms with van der Waals surface area (Å²) in [6.07, 6.45) is 33.2. The average molecular weight is 887 g/mol. The zero-order valence-electron chi connectivity index (χ0n) is 39.0. The van der Waals surface area contributed by atoms with E-state index in [1.807, 2.05) is 21.1 Å². The molecule has 1 aliphatic carbocycles. The van der Waals surface area contributed by atoms with Crippen LogP contribution in [0, 0.1) is 11.8 Å². The van der Waals surface area contributed by atoms with Crippen LogP contribution in [0.25, 0.3) is 0 Å². The Bertz CT molecular complexity index is 1250. The molecule has 0 aromatic rings. The number of carbonyl (C=O) groups is 2. The number of phosphoric ester groups is 1. The van der Waals surface area contributed by atoms with Crippen LogP contribution in [-0.4, -0.2) is 109 Å². The molecule has 0 amide bonds. The predicted molar refractivity (Wildman–Crippen MR) is 245 cm³/mol. The highest BCUT2D eigenvalue weighted by molar-refractivity contribution is 7.47. The van der Waals surface area contributed by atoms with Crippen LogP contribution >= 0.6 is 7.82 Å². The van der Waals surface area contributed by atoms with Crippen LogP contribution in [0.3, 0.4) is 0 Å². The SMILES string of the molecule is CCCCCCCC/C=C\CCCCCCCCCCCC(=O)OC[C@H](COP(=O)(O)OCC[N+](C)(C)C)OC(=O)C/C=C\C[C@H]1[C@@H](/C=C/[C@H](O)CCCCC)[C@H](O)C[C@@H]1O. The highest BCUT2D eigenvalue weighted by Gasteiger charge is 2.39. The van der Waals surface area contributed by atoms with Gasteiger partial charge >= 0.3 is 19.8 Å². The fraction of sp³-hybridized carbons (Fsp3) is 0.833. The lowest BCUT2D eigenvalue weighted by atomic mass is 9.89. The normalized spacial score (nSPS) is 20.5. The number of rotatable bonds is 39. The van der Waals surface area contributed by atoms with E-state index in [4.69, 9.17) is 18.5 Å². The second-order valence-electron chi connectivity index (χ2n) is 18.1. The topological polar surface area (TPSA) is 169 Å². The molecule has 1 unspecified atom stereocenters. The summed E-state index contributed by atoms with van der Waals surface area (Å²) in [6, 6.07) is 0. The number of aliphatic hydroxyl groups is 3. The van der Waals surface area contributed by atoms with E-state index in [-0.39, 0.29) is 44.3 Å². The Labute approximate surface area is 370 Å². The maximum Gasteiger partial charge on any atom is 0.472 e. The number of aliphatic hydroxyl groups excluding tert-OH is 3. The Morgan fingerprint density at radius 1 is 0.721 bits per heavy atom. The maximum atomic E-state index is 12.9. The largest absolute Gasteiger partial charge is 0.472 e. The van der Waals surface area contributed by atoms with Gasteiger partial charge in [0, 0.05) is 18.8 Å². The van der Waals surface area contributed by atoms with Crippen molar-refractivity contribution in [2.24, 2.45) is 11.8 Å². The number of quaternary nitrogens is 1. The second kappa shape index (κ2) is 35.5. The molecule has 0 bridgehead atoms. The number of ether oxygens (including phenoxy) is 2. The Hall–Kier alpha value is -1.89. The molecule has 13 heteroatoms. The third-order valence-corrected chi connectivity index (χ3v) is 12.2. The molecule has 4 N–H and O–H groups in total. The molecule has 0 aliphatic heterocycles. The first-order valence-corrected chi connectivity index (χ1v) is 25.5. The van der Waals surface area contributed by atoms with Crippen LogP contribution in [0.4, 0.5) is 0 Å². The lowest BCUT2D eigenvalue weighted by Gasteiger charge is -2.24. The molecule has 1 fully saturated rings. The highest BCUT2D eigenvalue weighted by atomic mass is 31.2. The van der Waals surface area contributed by atoms with Gasteiger partial charge < -0.3 is 34.2 Å². The van der Waals surface area contributed by atoms with Crippen LogP contribution in [0.5, 0.6) is 0 Å². The Balaban J connectivity index is 2.48. The van der Waals surface area contributed by atoms with Crippen molar-refractivity contribution in [2.75, 3.05) is 47.5 Å². The first-order chi connectivity index (χ1) is 29.2. The Morgan fingerprint density at radius 2 is 1.30 bits per heavy atom. The van der Waals surface area contributed by atoms with Crippen molar-refractivity contribution in [1.29, 1.82) is 0 Å². The van der Waals surface area contributed by atoms with E-state index >= 15 is 0 Å². The van der Waals surface area contributed by atoms with Gasteiger partial charge in [-0.2, -0.15) is 0 Å². The summed E-state index contributed by atoms with van der Waals surface area (Å²) in [6.45, 7) is 3.94. The molecule has 1 rings (SSSR count). The molecule has 12 nitrogen and oxygen atoms in total. The summed E-state index contributed by atoms with van der Waals surface area (Å²) in [4.78, 5) is 35.7. The molecule has 0 aromatic carbocycles. The zero-order chi connectivity index (χ0) is 45.2. The van der Waals surface area contributed by atoms with Crippen LogP contribution in [0.1, 0.15) is 174 Å². The van der Waals surface area contributed by atoms with E-state index in [9.17, 15) is 34.4 Å². The Kier molecular flexibility index (Phi) is 33.2. The number of carbonyl (C=O) groups excluding carboxylic acids is 2. The first-order valence-electron chi connectivity index (χ1n) is 24.0. The first kappa shape index (κ1) is 57.1. The van der Waals surface area contributed by atoms with Gasteiger partial charge in [-0.25, -0.2) is 4.57 Å². The molecule has 0 heterocycles. The number of nitrogens with zero attached hydrogens (tertiary/aromatic N) is 1.